The van der Waals surface area contributed by atoms with Crippen LogP contribution in [0.15, 0.2) is 18.3 Å². The number of nitrogens with zero attached hydrogens (tertiary/aromatic N) is 2. The maximum Gasteiger partial charge on any atom is 0.407 e. The lowest BCUT2D eigenvalue weighted by molar-refractivity contribution is 0.0871. The summed E-state index contributed by atoms with van der Waals surface area (Å²) in [6.07, 6.45) is 2.07. The molecule has 1 N–H and O–H groups in total. The summed E-state index contributed by atoms with van der Waals surface area (Å²) in [4.78, 5) is 16.2. The summed E-state index contributed by atoms with van der Waals surface area (Å²) in [5.41, 5.74) is 0. The average molecular weight is 257 g/mol. The molecule has 2 rings (SSSR count). The van der Waals surface area contributed by atoms with Gasteiger partial charge in [-0.25, -0.2) is 9.78 Å². The predicted octanol–water partition coefficient (Wildman–Crippen LogP) is 2.26. The van der Waals surface area contributed by atoms with Crippen LogP contribution in [0.3, 0.4) is 0 Å². The van der Waals surface area contributed by atoms with Crippen molar-refractivity contribution in [1.82, 2.24) is 9.88 Å². The highest BCUT2D eigenvalue weighted by molar-refractivity contribution is 6.30. The number of pyridine rings is 1. The lowest BCUT2D eigenvalue weighted by Crippen LogP contribution is -2.41. The molecule has 1 saturated heterocycles. The molecule has 1 aromatic rings. The largest absolute Gasteiger partial charge is 0.474 e. The first-order valence-corrected chi connectivity index (χ1v) is 5.79. The van der Waals surface area contributed by atoms with E-state index in [-0.39, 0.29) is 6.10 Å². The van der Waals surface area contributed by atoms with Crippen molar-refractivity contribution in [3.63, 3.8) is 0 Å². The van der Waals surface area contributed by atoms with E-state index in [0.29, 0.717) is 36.8 Å². The van der Waals surface area contributed by atoms with Gasteiger partial charge < -0.3 is 14.7 Å². The molecule has 0 radical (unpaired) electrons. The van der Waals surface area contributed by atoms with Gasteiger partial charge in [0.1, 0.15) is 6.10 Å². The lowest BCUT2D eigenvalue weighted by Gasteiger charge is -2.29. The van der Waals surface area contributed by atoms with Crippen LogP contribution >= 0.6 is 11.6 Å². The number of rotatable bonds is 2. The second-order valence-electron chi connectivity index (χ2n) is 3.90. The third-order valence-electron chi connectivity index (χ3n) is 2.70. The highest BCUT2D eigenvalue weighted by atomic mass is 35.5. The van der Waals surface area contributed by atoms with E-state index < -0.39 is 6.09 Å². The molecule has 0 aromatic carbocycles. The standard InChI is InChI=1S/C11H13ClN2O3/c12-8-1-2-10(13-7-8)17-9-3-5-14(6-4-9)11(15)16/h1-2,7,9H,3-6H2,(H,15,16). The van der Waals surface area contributed by atoms with Gasteiger partial charge in [-0.05, 0) is 6.07 Å². The fraction of sp³-hybridized carbons (Fsp3) is 0.455. The van der Waals surface area contributed by atoms with E-state index in [1.54, 1.807) is 12.1 Å². The molecule has 0 saturated carbocycles. The number of halogens is 1. The molecule has 5 nitrogen and oxygen atoms in total. The molecule has 1 amide bonds. The fourth-order valence-corrected chi connectivity index (χ4v) is 1.88. The SMILES string of the molecule is O=C(O)N1CCC(Oc2ccc(Cl)cn2)CC1. The maximum atomic E-state index is 10.7. The van der Waals surface area contributed by atoms with Gasteiger partial charge in [0.15, 0.2) is 0 Å². The van der Waals surface area contributed by atoms with Crippen LogP contribution in [0.4, 0.5) is 4.79 Å². The zero-order valence-corrected chi connectivity index (χ0v) is 9.93. The molecule has 17 heavy (non-hydrogen) atoms. The van der Waals surface area contributed by atoms with Gasteiger partial charge in [-0.1, -0.05) is 11.6 Å². The molecule has 0 spiro atoms. The van der Waals surface area contributed by atoms with E-state index in [1.165, 1.54) is 11.1 Å². The van der Waals surface area contributed by atoms with Gasteiger partial charge in [0, 0.05) is 38.2 Å². The molecular formula is C11H13ClN2O3. The van der Waals surface area contributed by atoms with Gasteiger partial charge in [0.25, 0.3) is 0 Å². The van der Waals surface area contributed by atoms with Crippen LogP contribution in [0.2, 0.25) is 5.02 Å². The Morgan fingerprint density at radius 3 is 2.71 bits per heavy atom. The van der Waals surface area contributed by atoms with Crippen molar-refractivity contribution in [1.29, 1.82) is 0 Å². The molecule has 0 atom stereocenters. The van der Waals surface area contributed by atoms with E-state index >= 15 is 0 Å². The Labute approximate surface area is 104 Å². The molecule has 1 fully saturated rings. The molecular weight excluding hydrogens is 244 g/mol. The topological polar surface area (TPSA) is 62.7 Å². The first-order valence-electron chi connectivity index (χ1n) is 5.41. The Balaban J connectivity index is 1.85. The fourth-order valence-electron chi connectivity index (χ4n) is 1.77. The first-order chi connectivity index (χ1) is 8.15. The van der Waals surface area contributed by atoms with Gasteiger partial charge in [0.05, 0.1) is 5.02 Å². The van der Waals surface area contributed by atoms with Gasteiger partial charge in [-0.2, -0.15) is 0 Å². The Morgan fingerprint density at radius 1 is 1.47 bits per heavy atom. The quantitative estimate of drug-likeness (QED) is 0.882. The molecule has 1 aliphatic heterocycles. The van der Waals surface area contributed by atoms with Gasteiger partial charge in [0.2, 0.25) is 5.88 Å². The number of ether oxygens (including phenoxy) is 1. The molecule has 0 aliphatic carbocycles. The number of hydrogen-bond donors (Lipinski definition) is 1. The normalized spacial score (nSPS) is 16.9. The molecule has 92 valence electrons. The number of hydrogen-bond acceptors (Lipinski definition) is 3. The summed E-state index contributed by atoms with van der Waals surface area (Å²) >= 11 is 5.72. The van der Waals surface area contributed by atoms with Crippen molar-refractivity contribution in [2.75, 3.05) is 13.1 Å². The van der Waals surface area contributed by atoms with Gasteiger partial charge >= 0.3 is 6.09 Å². The number of piperidine rings is 1. The second-order valence-corrected chi connectivity index (χ2v) is 4.34. The minimum Gasteiger partial charge on any atom is -0.474 e. The van der Waals surface area contributed by atoms with Crippen molar-refractivity contribution < 1.29 is 14.6 Å². The average Bonchev–Trinajstić information content (AvgIpc) is 2.33. The first kappa shape index (κ1) is 12.0. The van der Waals surface area contributed by atoms with Crippen LogP contribution in [0, 0.1) is 0 Å². The summed E-state index contributed by atoms with van der Waals surface area (Å²) in [7, 11) is 0. The van der Waals surface area contributed by atoms with Crippen LogP contribution in [-0.2, 0) is 0 Å². The molecule has 0 unspecified atom stereocenters. The van der Waals surface area contributed by atoms with Crippen molar-refractivity contribution >= 4 is 17.7 Å². The summed E-state index contributed by atoms with van der Waals surface area (Å²) in [5.74, 6) is 0.531. The van der Waals surface area contributed by atoms with E-state index in [0.717, 1.165) is 0 Å². The highest BCUT2D eigenvalue weighted by Gasteiger charge is 2.23. The van der Waals surface area contributed by atoms with Crippen molar-refractivity contribution in [3.05, 3.63) is 23.4 Å². The Hall–Kier alpha value is -1.49. The highest BCUT2D eigenvalue weighted by Crippen LogP contribution is 2.18. The van der Waals surface area contributed by atoms with Crippen LogP contribution in [0.1, 0.15) is 12.8 Å². The Bertz CT molecular complexity index is 388. The van der Waals surface area contributed by atoms with E-state index in [2.05, 4.69) is 4.98 Å². The second kappa shape index (κ2) is 5.23. The van der Waals surface area contributed by atoms with Crippen molar-refractivity contribution in [2.45, 2.75) is 18.9 Å². The maximum absolute atomic E-state index is 10.7. The van der Waals surface area contributed by atoms with Crippen molar-refractivity contribution in [3.8, 4) is 5.88 Å². The summed E-state index contributed by atoms with van der Waals surface area (Å²) in [6.45, 7) is 1.02. The van der Waals surface area contributed by atoms with Crippen LogP contribution in [-0.4, -0.2) is 40.3 Å². The number of carbonyl (C=O) groups is 1. The smallest absolute Gasteiger partial charge is 0.407 e. The number of carboxylic acid groups (broad SMARTS) is 1. The minimum absolute atomic E-state index is 0.0271. The van der Waals surface area contributed by atoms with E-state index in [9.17, 15) is 4.79 Å². The van der Waals surface area contributed by atoms with Crippen molar-refractivity contribution in [2.24, 2.45) is 0 Å². The van der Waals surface area contributed by atoms with E-state index in [4.69, 9.17) is 21.4 Å². The summed E-state index contributed by atoms with van der Waals surface area (Å²) in [5, 5.41) is 9.37. The Kier molecular flexibility index (Phi) is 3.68. The summed E-state index contributed by atoms with van der Waals surface area (Å²) < 4.78 is 5.65. The minimum atomic E-state index is -0.868. The zero-order valence-electron chi connectivity index (χ0n) is 9.17. The number of likely N-dealkylation sites (tertiary alicyclic amines) is 1. The number of aromatic nitrogens is 1. The molecule has 1 aliphatic rings. The molecule has 2 heterocycles. The van der Waals surface area contributed by atoms with Gasteiger partial charge in [-0.15, -0.1) is 0 Å². The molecule has 6 heteroatoms. The van der Waals surface area contributed by atoms with Gasteiger partial charge in [-0.3, -0.25) is 0 Å². The monoisotopic (exact) mass is 256 g/mol. The zero-order chi connectivity index (χ0) is 12.3. The van der Waals surface area contributed by atoms with Crippen LogP contribution in [0.25, 0.3) is 0 Å². The summed E-state index contributed by atoms with van der Waals surface area (Å²) in [6, 6.07) is 3.43. The molecule has 1 aromatic heterocycles. The van der Waals surface area contributed by atoms with E-state index in [1.807, 2.05) is 0 Å². The van der Waals surface area contributed by atoms with Crippen LogP contribution < -0.4 is 4.74 Å². The lowest BCUT2D eigenvalue weighted by atomic mass is 10.1. The predicted molar refractivity (Wildman–Crippen MR) is 62.5 cm³/mol. The third kappa shape index (κ3) is 3.23. The van der Waals surface area contributed by atoms with Crippen LogP contribution in [0.5, 0.6) is 5.88 Å². The molecule has 0 bridgehead atoms. The Morgan fingerprint density at radius 2 is 2.18 bits per heavy atom. The third-order valence-corrected chi connectivity index (χ3v) is 2.92. The number of amides is 1.